The standard InChI is InChI=1S/C17H21N3O4/c1-17(2,3)24-16(23)20-12(9-14(21)22)15-18-10-13(19-15)11-7-5-4-6-8-11/h4-8,10,12H,9H2,1-3H3,(H,18,19)(H,20,23)(H,21,22)/t12-/m0/s1. The Hall–Kier alpha value is -2.83. The monoisotopic (exact) mass is 331 g/mol. The van der Waals surface area contributed by atoms with Crippen LogP contribution in [0, 0.1) is 0 Å². The molecule has 0 bridgehead atoms. The molecule has 0 aliphatic rings. The summed E-state index contributed by atoms with van der Waals surface area (Å²) in [6.07, 6.45) is 0.614. The van der Waals surface area contributed by atoms with Gasteiger partial charge in [-0.2, -0.15) is 0 Å². The molecule has 0 spiro atoms. The number of rotatable bonds is 5. The summed E-state index contributed by atoms with van der Waals surface area (Å²) in [5.41, 5.74) is 0.991. The van der Waals surface area contributed by atoms with Crippen LogP contribution < -0.4 is 5.32 Å². The van der Waals surface area contributed by atoms with Crippen LogP contribution in [0.2, 0.25) is 0 Å². The number of carboxylic acids is 1. The second-order valence-corrected chi connectivity index (χ2v) is 6.34. The molecule has 0 aliphatic heterocycles. The van der Waals surface area contributed by atoms with Crippen LogP contribution in [0.1, 0.15) is 39.1 Å². The molecule has 1 amide bonds. The highest BCUT2D eigenvalue weighted by Gasteiger charge is 2.24. The van der Waals surface area contributed by atoms with Crippen molar-refractivity contribution >= 4 is 12.1 Å². The molecule has 1 aromatic heterocycles. The van der Waals surface area contributed by atoms with E-state index in [1.807, 2.05) is 30.3 Å². The molecular formula is C17H21N3O4. The van der Waals surface area contributed by atoms with Crippen LogP contribution in [0.3, 0.4) is 0 Å². The molecule has 0 radical (unpaired) electrons. The Morgan fingerprint density at radius 2 is 1.96 bits per heavy atom. The molecular weight excluding hydrogens is 310 g/mol. The van der Waals surface area contributed by atoms with Gasteiger partial charge in [0.25, 0.3) is 0 Å². The zero-order valence-corrected chi connectivity index (χ0v) is 13.9. The maximum atomic E-state index is 11.9. The molecule has 2 aromatic rings. The summed E-state index contributed by atoms with van der Waals surface area (Å²) in [5, 5.41) is 11.6. The number of carbonyl (C=O) groups excluding carboxylic acids is 1. The molecule has 7 heteroatoms. The van der Waals surface area contributed by atoms with Gasteiger partial charge in [-0.05, 0) is 26.3 Å². The number of carbonyl (C=O) groups is 2. The minimum absolute atomic E-state index is 0.305. The lowest BCUT2D eigenvalue weighted by Gasteiger charge is -2.22. The van der Waals surface area contributed by atoms with Gasteiger partial charge in [-0.15, -0.1) is 0 Å². The molecule has 0 saturated heterocycles. The molecule has 0 unspecified atom stereocenters. The zero-order chi connectivity index (χ0) is 17.7. The maximum Gasteiger partial charge on any atom is 0.408 e. The van der Waals surface area contributed by atoms with Crippen molar-refractivity contribution in [3.8, 4) is 11.3 Å². The second kappa shape index (κ2) is 7.16. The molecule has 1 heterocycles. The number of amides is 1. The number of aromatic amines is 1. The molecule has 2 rings (SSSR count). The lowest BCUT2D eigenvalue weighted by atomic mass is 10.2. The average molecular weight is 331 g/mol. The van der Waals surface area contributed by atoms with E-state index >= 15 is 0 Å². The molecule has 128 valence electrons. The van der Waals surface area contributed by atoms with E-state index in [0.717, 1.165) is 11.3 Å². The summed E-state index contributed by atoms with van der Waals surface area (Å²) in [6, 6.07) is 8.69. The number of aliphatic carboxylic acids is 1. The van der Waals surface area contributed by atoms with E-state index < -0.39 is 23.7 Å². The summed E-state index contributed by atoms with van der Waals surface area (Å²) < 4.78 is 5.18. The fourth-order valence-corrected chi connectivity index (χ4v) is 2.12. The predicted octanol–water partition coefficient (Wildman–Crippen LogP) is 3.12. The zero-order valence-electron chi connectivity index (χ0n) is 13.9. The van der Waals surface area contributed by atoms with E-state index in [4.69, 9.17) is 9.84 Å². The number of H-pyrrole nitrogens is 1. The number of benzene rings is 1. The summed E-state index contributed by atoms with van der Waals surface area (Å²) in [7, 11) is 0. The lowest BCUT2D eigenvalue weighted by molar-refractivity contribution is -0.137. The molecule has 0 aliphatic carbocycles. The number of alkyl carbamates (subject to hydrolysis) is 1. The average Bonchev–Trinajstić information content (AvgIpc) is 2.94. The predicted molar refractivity (Wildman–Crippen MR) is 88.4 cm³/mol. The van der Waals surface area contributed by atoms with Gasteiger partial charge >= 0.3 is 12.1 Å². The van der Waals surface area contributed by atoms with Crippen molar-refractivity contribution in [3.05, 3.63) is 42.4 Å². The highest BCUT2D eigenvalue weighted by Crippen LogP contribution is 2.21. The van der Waals surface area contributed by atoms with E-state index in [1.54, 1.807) is 27.0 Å². The van der Waals surface area contributed by atoms with Crippen LogP contribution in [-0.2, 0) is 9.53 Å². The van der Waals surface area contributed by atoms with Crippen molar-refractivity contribution in [2.45, 2.75) is 38.8 Å². The van der Waals surface area contributed by atoms with Crippen molar-refractivity contribution in [2.24, 2.45) is 0 Å². The molecule has 0 saturated carbocycles. The Labute approximate surface area is 140 Å². The lowest BCUT2D eigenvalue weighted by Crippen LogP contribution is -2.36. The van der Waals surface area contributed by atoms with E-state index in [-0.39, 0.29) is 6.42 Å². The minimum Gasteiger partial charge on any atom is -0.481 e. The van der Waals surface area contributed by atoms with Crippen molar-refractivity contribution in [2.75, 3.05) is 0 Å². The Kier molecular flexibility index (Phi) is 5.23. The number of nitrogens with one attached hydrogen (secondary N) is 2. The number of imidazole rings is 1. The second-order valence-electron chi connectivity index (χ2n) is 6.34. The van der Waals surface area contributed by atoms with Crippen LogP contribution in [0.4, 0.5) is 4.79 Å². The van der Waals surface area contributed by atoms with Gasteiger partial charge in [0.2, 0.25) is 0 Å². The van der Waals surface area contributed by atoms with Gasteiger partial charge in [0, 0.05) is 0 Å². The third kappa shape index (κ3) is 5.12. The Morgan fingerprint density at radius 1 is 1.29 bits per heavy atom. The number of nitrogens with zero attached hydrogens (tertiary/aromatic N) is 1. The first-order chi connectivity index (χ1) is 11.2. The van der Waals surface area contributed by atoms with E-state index in [1.165, 1.54) is 0 Å². The largest absolute Gasteiger partial charge is 0.481 e. The molecule has 24 heavy (non-hydrogen) atoms. The number of hydrogen-bond donors (Lipinski definition) is 3. The Morgan fingerprint density at radius 3 is 2.54 bits per heavy atom. The summed E-state index contributed by atoms with van der Waals surface area (Å²) in [6.45, 7) is 5.21. The van der Waals surface area contributed by atoms with Crippen LogP contribution in [0.15, 0.2) is 36.5 Å². The third-order valence-corrected chi connectivity index (χ3v) is 3.08. The van der Waals surface area contributed by atoms with Crippen molar-refractivity contribution < 1.29 is 19.4 Å². The number of carboxylic acid groups (broad SMARTS) is 1. The Balaban J connectivity index is 2.18. The van der Waals surface area contributed by atoms with Crippen LogP contribution in [-0.4, -0.2) is 32.7 Å². The fraction of sp³-hybridized carbons (Fsp3) is 0.353. The maximum absolute atomic E-state index is 11.9. The van der Waals surface area contributed by atoms with Crippen molar-refractivity contribution in [1.82, 2.24) is 15.3 Å². The van der Waals surface area contributed by atoms with Gasteiger partial charge in [-0.3, -0.25) is 4.79 Å². The molecule has 0 fully saturated rings. The van der Waals surface area contributed by atoms with Crippen LogP contribution >= 0.6 is 0 Å². The summed E-state index contributed by atoms with van der Waals surface area (Å²) in [4.78, 5) is 30.3. The Bertz CT molecular complexity index is 704. The molecule has 3 N–H and O–H groups in total. The SMILES string of the molecule is CC(C)(C)OC(=O)N[C@@H](CC(=O)O)c1ncc(-c2ccccc2)[nH]1. The number of ether oxygens (including phenoxy) is 1. The van der Waals surface area contributed by atoms with Gasteiger partial charge in [-0.1, -0.05) is 30.3 Å². The van der Waals surface area contributed by atoms with Gasteiger partial charge in [0.05, 0.1) is 18.3 Å². The van der Waals surface area contributed by atoms with Gasteiger partial charge in [0.1, 0.15) is 17.5 Å². The smallest absolute Gasteiger partial charge is 0.408 e. The third-order valence-electron chi connectivity index (χ3n) is 3.08. The topological polar surface area (TPSA) is 104 Å². The number of hydrogen-bond acceptors (Lipinski definition) is 4. The number of aromatic nitrogens is 2. The molecule has 1 atom stereocenters. The van der Waals surface area contributed by atoms with Crippen molar-refractivity contribution in [1.29, 1.82) is 0 Å². The summed E-state index contributed by atoms with van der Waals surface area (Å²) >= 11 is 0. The van der Waals surface area contributed by atoms with Crippen molar-refractivity contribution in [3.63, 3.8) is 0 Å². The first-order valence-corrected chi connectivity index (χ1v) is 7.56. The minimum atomic E-state index is -1.05. The normalized spacial score (nSPS) is 12.5. The first-order valence-electron chi connectivity index (χ1n) is 7.56. The van der Waals surface area contributed by atoms with Gasteiger partial charge < -0.3 is 20.1 Å². The highest BCUT2D eigenvalue weighted by atomic mass is 16.6. The van der Waals surface area contributed by atoms with Gasteiger partial charge in [-0.25, -0.2) is 9.78 Å². The molecule has 1 aromatic carbocycles. The quantitative estimate of drug-likeness (QED) is 0.781. The van der Waals surface area contributed by atoms with E-state index in [9.17, 15) is 9.59 Å². The highest BCUT2D eigenvalue weighted by molar-refractivity contribution is 5.72. The van der Waals surface area contributed by atoms with Crippen LogP contribution in [0.5, 0.6) is 0 Å². The molecule has 7 nitrogen and oxygen atoms in total. The van der Waals surface area contributed by atoms with E-state index in [2.05, 4.69) is 15.3 Å². The van der Waals surface area contributed by atoms with Gasteiger partial charge in [0.15, 0.2) is 0 Å². The van der Waals surface area contributed by atoms with Crippen LogP contribution in [0.25, 0.3) is 11.3 Å². The van der Waals surface area contributed by atoms with E-state index in [0.29, 0.717) is 5.82 Å². The fourth-order valence-electron chi connectivity index (χ4n) is 2.12. The summed E-state index contributed by atoms with van der Waals surface area (Å²) in [5.74, 6) is -0.684. The first kappa shape index (κ1) is 17.5.